The van der Waals surface area contributed by atoms with Crippen molar-refractivity contribution in [2.75, 3.05) is 10.6 Å². The Morgan fingerprint density at radius 2 is 2.16 bits per heavy atom. The number of nitrogens with one attached hydrogen (secondary N) is 2. The van der Waals surface area contributed by atoms with Crippen LogP contribution in [-0.4, -0.2) is 36.4 Å². The lowest BCUT2D eigenvalue weighted by atomic mass is 10.1. The minimum absolute atomic E-state index is 0.00187. The third-order valence-electron chi connectivity index (χ3n) is 5.37. The highest BCUT2D eigenvalue weighted by molar-refractivity contribution is 7.14. The van der Waals surface area contributed by atoms with Crippen molar-refractivity contribution in [1.82, 2.24) is 24.6 Å². The van der Waals surface area contributed by atoms with Gasteiger partial charge in [-0.3, -0.25) is 9.59 Å². The number of fused-ring (bicyclic) bond motifs is 2. The van der Waals surface area contributed by atoms with Gasteiger partial charge in [0.1, 0.15) is 6.33 Å². The van der Waals surface area contributed by atoms with Crippen molar-refractivity contribution in [1.29, 1.82) is 0 Å². The van der Waals surface area contributed by atoms with Crippen molar-refractivity contribution in [2.24, 2.45) is 0 Å². The molecule has 10 heteroatoms. The predicted octanol–water partition coefficient (Wildman–Crippen LogP) is 2.93. The molecule has 4 heterocycles. The van der Waals surface area contributed by atoms with Gasteiger partial charge in [0.25, 0.3) is 5.78 Å². The number of hydrogen-bond acceptors (Lipinski definition) is 7. The number of anilines is 2. The molecule has 2 amide bonds. The Hall–Kier alpha value is -3.66. The number of carbonyl (C=O) groups is 2. The van der Waals surface area contributed by atoms with Gasteiger partial charge in [-0.15, -0.1) is 11.3 Å². The first-order valence-corrected chi connectivity index (χ1v) is 10.7. The van der Waals surface area contributed by atoms with Crippen LogP contribution in [0.3, 0.4) is 0 Å². The van der Waals surface area contributed by atoms with E-state index >= 15 is 0 Å². The number of thiazole rings is 1. The molecule has 1 aliphatic rings. The number of benzene rings is 1. The summed E-state index contributed by atoms with van der Waals surface area (Å²) in [4.78, 5) is 37.2. The largest absolute Gasteiger partial charge is 0.326 e. The number of hydrogen-bond donors (Lipinski definition) is 2. The van der Waals surface area contributed by atoms with Gasteiger partial charge in [0, 0.05) is 34.4 Å². The summed E-state index contributed by atoms with van der Waals surface area (Å²) in [6.45, 7) is 3.87. The fourth-order valence-corrected chi connectivity index (χ4v) is 4.53. The molecule has 4 aromatic rings. The normalized spacial score (nSPS) is 12.8. The summed E-state index contributed by atoms with van der Waals surface area (Å²) in [6.07, 6.45) is 2.72. The number of amides is 2. The second-order valence-corrected chi connectivity index (χ2v) is 8.27. The number of carbonyl (C=O) groups excluding carboxylic acids is 2. The van der Waals surface area contributed by atoms with Crippen LogP contribution in [0.5, 0.6) is 0 Å². The van der Waals surface area contributed by atoms with Gasteiger partial charge in [-0.1, -0.05) is 6.07 Å². The molecule has 3 aromatic heterocycles. The molecule has 0 bridgehead atoms. The van der Waals surface area contributed by atoms with E-state index in [0.717, 1.165) is 39.5 Å². The molecule has 0 saturated carbocycles. The van der Waals surface area contributed by atoms with Gasteiger partial charge < -0.3 is 10.6 Å². The fourth-order valence-electron chi connectivity index (χ4n) is 3.79. The molecule has 0 unspecified atom stereocenters. The molecular weight excluding hydrogens is 414 g/mol. The molecule has 9 nitrogen and oxygen atoms in total. The van der Waals surface area contributed by atoms with Crippen LogP contribution in [0.2, 0.25) is 0 Å². The second kappa shape index (κ2) is 7.55. The molecule has 31 heavy (non-hydrogen) atoms. The molecular formula is C21H19N7O2S. The summed E-state index contributed by atoms with van der Waals surface area (Å²) >= 11 is 1.38. The van der Waals surface area contributed by atoms with Crippen LogP contribution < -0.4 is 10.6 Å². The average molecular weight is 433 g/mol. The maximum atomic E-state index is 12.5. The lowest BCUT2D eigenvalue weighted by Crippen LogP contribution is -2.14. The highest BCUT2D eigenvalue weighted by Gasteiger charge is 2.19. The third-order valence-corrected chi connectivity index (χ3v) is 6.13. The standard InChI is InChI=1S/C21H19N7O2S/c1-11-15(12(2)28-20(24-11)22-10-23-28)4-6-18(29)27-21-26-17(9-31-21)13-3-5-16-14(7-13)8-19(30)25-16/h3,5,7,9-10H,4,6,8H2,1-2H3,(H,25,30)(H,26,27,29). The van der Waals surface area contributed by atoms with Gasteiger partial charge in [-0.2, -0.15) is 10.1 Å². The molecule has 0 radical (unpaired) electrons. The summed E-state index contributed by atoms with van der Waals surface area (Å²) < 4.78 is 1.69. The van der Waals surface area contributed by atoms with Crippen molar-refractivity contribution in [3.8, 4) is 11.3 Å². The van der Waals surface area contributed by atoms with Crippen molar-refractivity contribution in [3.63, 3.8) is 0 Å². The summed E-state index contributed by atoms with van der Waals surface area (Å²) in [5, 5.41) is 12.3. The Morgan fingerprint density at radius 3 is 3.03 bits per heavy atom. The summed E-state index contributed by atoms with van der Waals surface area (Å²) in [5.74, 6) is 0.453. The first-order chi connectivity index (χ1) is 15.0. The van der Waals surface area contributed by atoms with Crippen LogP contribution in [0.1, 0.15) is 28.9 Å². The Morgan fingerprint density at radius 1 is 1.29 bits per heavy atom. The van der Waals surface area contributed by atoms with Crippen LogP contribution >= 0.6 is 11.3 Å². The van der Waals surface area contributed by atoms with Crippen molar-refractivity contribution in [2.45, 2.75) is 33.1 Å². The van der Waals surface area contributed by atoms with Gasteiger partial charge >= 0.3 is 0 Å². The Bertz CT molecular complexity index is 1340. The molecule has 156 valence electrons. The molecule has 2 N–H and O–H groups in total. The molecule has 0 saturated heterocycles. The highest BCUT2D eigenvalue weighted by Crippen LogP contribution is 2.31. The number of aryl methyl sites for hydroxylation is 2. The highest BCUT2D eigenvalue weighted by atomic mass is 32.1. The average Bonchev–Trinajstić information content (AvgIpc) is 3.46. The van der Waals surface area contributed by atoms with E-state index in [9.17, 15) is 9.59 Å². The monoisotopic (exact) mass is 433 g/mol. The van der Waals surface area contributed by atoms with Crippen LogP contribution in [0.4, 0.5) is 10.8 Å². The quantitative estimate of drug-likeness (QED) is 0.500. The molecule has 5 rings (SSSR count). The lowest BCUT2D eigenvalue weighted by Gasteiger charge is -2.10. The zero-order valence-corrected chi connectivity index (χ0v) is 17.8. The van der Waals surface area contributed by atoms with Crippen LogP contribution in [0.25, 0.3) is 17.0 Å². The van der Waals surface area contributed by atoms with Crippen molar-refractivity contribution < 1.29 is 9.59 Å². The molecule has 1 aliphatic heterocycles. The SMILES string of the molecule is Cc1nc2ncnn2c(C)c1CCC(=O)Nc1nc(-c2ccc3c(c2)CC(=O)N3)cs1. The Kier molecular flexibility index (Phi) is 4.70. The molecule has 0 atom stereocenters. The van der Waals surface area contributed by atoms with Gasteiger partial charge in [-0.25, -0.2) is 14.5 Å². The summed E-state index contributed by atoms with van der Waals surface area (Å²) in [6, 6.07) is 5.77. The first-order valence-electron chi connectivity index (χ1n) is 9.82. The third kappa shape index (κ3) is 3.66. The zero-order chi connectivity index (χ0) is 21.5. The predicted molar refractivity (Wildman–Crippen MR) is 117 cm³/mol. The van der Waals surface area contributed by atoms with E-state index in [0.29, 0.717) is 30.2 Å². The summed E-state index contributed by atoms with van der Waals surface area (Å²) in [7, 11) is 0. The van der Waals surface area contributed by atoms with Crippen molar-refractivity contribution >= 4 is 39.7 Å². The Balaban J connectivity index is 1.26. The van der Waals surface area contributed by atoms with Crippen LogP contribution in [0, 0.1) is 13.8 Å². The molecule has 0 fully saturated rings. The second-order valence-electron chi connectivity index (χ2n) is 7.42. The number of nitrogens with zero attached hydrogens (tertiary/aromatic N) is 5. The lowest BCUT2D eigenvalue weighted by molar-refractivity contribution is -0.116. The van der Waals surface area contributed by atoms with E-state index in [1.54, 1.807) is 4.52 Å². The Labute approximate surface area is 181 Å². The molecule has 1 aromatic carbocycles. The van der Waals surface area contributed by atoms with Gasteiger partial charge in [0.15, 0.2) is 5.13 Å². The maximum absolute atomic E-state index is 12.5. The van der Waals surface area contributed by atoms with E-state index in [1.165, 1.54) is 17.7 Å². The van der Waals surface area contributed by atoms with E-state index in [2.05, 4.69) is 30.7 Å². The maximum Gasteiger partial charge on any atom is 0.252 e. The summed E-state index contributed by atoms with van der Waals surface area (Å²) in [5.41, 5.74) is 6.29. The van der Waals surface area contributed by atoms with Gasteiger partial charge in [0.05, 0.1) is 12.1 Å². The number of aromatic nitrogens is 5. The first kappa shape index (κ1) is 19.3. The van der Waals surface area contributed by atoms with E-state index in [4.69, 9.17) is 0 Å². The van der Waals surface area contributed by atoms with Crippen LogP contribution in [-0.2, 0) is 22.4 Å². The van der Waals surface area contributed by atoms with Gasteiger partial charge in [0.2, 0.25) is 11.8 Å². The molecule has 0 spiro atoms. The minimum Gasteiger partial charge on any atom is -0.326 e. The topological polar surface area (TPSA) is 114 Å². The van der Waals surface area contributed by atoms with Gasteiger partial charge in [-0.05, 0) is 43.5 Å². The molecule has 0 aliphatic carbocycles. The smallest absolute Gasteiger partial charge is 0.252 e. The van der Waals surface area contributed by atoms with Crippen LogP contribution in [0.15, 0.2) is 29.9 Å². The number of rotatable bonds is 5. The van der Waals surface area contributed by atoms with E-state index < -0.39 is 0 Å². The van der Waals surface area contributed by atoms with E-state index in [1.807, 2.05) is 37.4 Å². The van der Waals surface area contributed by atoms with E-state index in [-0.39, 0.29) is 11.8 Å². The fraction of sp³-hybridized carbons (Fsp3) is 0.238. The zero-order valence-electron chi connectivity index (χ0n) is 17.0. The minimum atomic E-state index is -0.109. The van der Waals surface area contributed by atoms with Crippen molar-refractivity contribution in [3.05, 3.63) is 52.4 Å².